The summed E-state index contributed by atoms with van der Waals surface area (Å²) >= 11 is 6.64. The molecule has 4 aromatic rings. The Morgan fingerprint density at radius 2 is 1.93 bits per heavy atom. The molecule has 12 heteroatoms. The highest BCUT2D eigenvalue weighted by Gasteiger charge is 2.36. The van der Waals surface area contributed by atoms with Crippen LogP contribution in [0.5, 0.6) is 0 Å². The second kappa shape index (κ2) is 10.5. The van der Waals surface area contributed by atoms with E-state index in [9.17, 15) is 27.9 Å². The number of benzene rings is 3. The molecular weight excluding hydrogens is 582 g/mol. The zero-order valence-electron chi connectivity index (χ0n) is 22.5. The lowest BCUT2D eigenvalue weighted by Crippen LogP contribution is -2.44. The quantitative estimate of drug-likeness (QED) is 0.323. The van der Waals surface area contributed by atoms with Gasteiger partial charge in [-0.3, -0.25) is 9.59 Å². The average Bonchev–Trinajstić information content (AvgIpc) is 3.59. The van der Waals surface area contributed by atoms with E-state index in [1.54, 1.807) is 35.4 Å². The second-order valence-corrected chi connectivity index (χ2v) is 13.0. The summed E-state index contributed by atoms with van der Waals surface area (Å²) in [5.74, 6) is -2.05. The van der Waals surface area contributed by atoms with Crippen LogP contribution in [-0.4, -0.2) is 61.7 Å². The number of anilines is 1. The number of carboxylic acids is 1. The third-order valence-corrected chi connectivity index (χ3v) is 9.08. The number of fused-ring (bicyclic) bond motifs is 1. The van der Waals surface area contributed by atoms with E-state index in [0.717, 1.165) is 22.9 Å². The fourth-order valence-corrected chi connectivity index (χ4v) is 6.71. The van der Waals surface area contributed by atoms with Gasteiger partial charge in [0.1, 0.15) is 11.6 Å². The standard InChI is InChI=1S/C30H26ClN3O7S/c1-42(39,40)21-4-2-3-17(11-21)12-24(30(37)38)32-28(35)26-22-7-9-33-16-34(15-20(27(22)33)13-23(26)31)29(36)19-6-5-18-8-10-41-25(18)14-19/h2-6,8,10-11,13-14,24H,7,9,12,15-16H2,1H3,(H,32,35)(H,37,38)/t24-/m0/s1. The maximum Gasteiger partial charge on any atom is 0.326 e. The summed E-state index contributed by atoms with van der Waals surface area (Å²) in [5.41, 5.74) is 4.14. The molecule has 0 saturated carbocycles. The zero-order chi connectivity index (χ0) is 29.8. The summed E-state index contributed by atoms with van der Waals surface area (Å²) in [6, 6.07) is 13.5. The smallest absolute Gasteiger partial charge is 0.326 e. The number of aliphatic carboxylic acids is 1. The highest BCUT2D eigenvalue weighted by atomic mass is 35.5. The van der Waals surface area contributed by atoms with E-state index in [4.69, 9.17) is 16.0 Å². The number of halogens is 1. The zero-order valence-corrected chi connectivity index (χ0v) is 24.0. The fourth-order valence-electron chi connectivity index (χ4n) is 5.69. The Balaban J connectivity index is 1.24. The van der Waals surface area contributed by atoms with Crippen molar-refractivity contribution >= 4 is 55.9 Å². The molecule has 3 heterocycles. The van der Waals surface area contributed by atoms with Crippen LogP contribution in [0.1, 0.15) is 37.4 Å². The first-order valence-electron chi connectivity index (χ1n) is 13.2. The van der Waals surface area contributed by atoms with Crippen molar-refractivity contribution in [3.63, 3.8) is 0 Å². The summed E-state index contributed by atoms with van der Waals surface area (Å²) in [5, 5.41) is 13.5. The van der Waals surface area contributed by atoms with Gasteiger partial charge in [0.2, 0.25) is 0 Å². The van der Waals surface area contributed by atoms with Gasteiger partial charge in [0, 0.05) is 42.4 Å². The molecule has 0 saturated heterocycles. The maximum atomic E-state index is 13.5. The lowest BCUT2D eigenvalue weighted by Gasteiger charge is -2.36. The minimum atomic E-state index is -3.48. The molecule has 0 fully saturated rings. The van der Waals surface area contributed by atoms with Crippen LogP contribution in [0.4, 0.5) is 5.69 Å². The van der Waals surface area contributed by atoms with Crippen molar-refractivity contribution in [1.29, 1.82) is 0 Å². The van der Waals surface area contributed by atoms with Crippen molar-refractivity contribution in [3.05, 3.63) is 93.7 Å². The molecule has 0 spiro atoms. The molecule has 0 radical (unpaired) electrons. The number of hydrogen-bond donors (Lipinski definition) is 2. The van der Waals surface area contributed by atoms with Gasteiger partial charge >= 0.3 is 5.97 Å². The highest BCUT2D eigenvalue weighted by molar-refractivity contribution is 7.90. The number of sulfone groups is 1. The number of carboxylic acid groups (broad SMARTS) is 1. The summed E-state index contributed by atoms with van der Waals surface area (Å²) in [4.78, 5) is 42.8. The Kier molecular flexibility index (Phi) is 6.94. The van der Waals surface area contributed by atoms with E-state index in [1.165, 1.54) is 18.2 Å². The molecule has 1 aromatic heterocycles. The van der Waals surface area contributed by atoms with Crippen molar-refractivity contribution < 1.29 is 32.3 Å². The van der Waals surface area contributed by atoms with E-state index in [-0.39, 0.29) is 27.8 Å². The van der Waals surface area contributed by atoms with Crippen LogP contribution in [0.25, 0.3) is 11.0 Å². The summed E-state index contributed by atoms with van der Waals surface area (Å²) < 4.78 is 29.3. The molecule has 2 amide bonds. The maximum absolute atomic E-state index is 13.5. The summed E-state index contributed by atoms with van der Waals surface area (Å²) in [6.45, 7) is 1.18. The molecule has 10 nitrogen and oxygen atoms in total. The van der Waals surface area contributed by atoms with E-state index in [0.29, 0.717) is 48.5 Å². The number of furan rings is 1. The van der Waals surface area contributed by atoms with E-state index in [1.807, 2.05) is 17.0 Å². The van der Waals surface area contributed by atoms with Gasteiger partial charge in [-0.25, -0.2) is 13.2 Å². The van der Waals surface area contributed by atoms with Crippen LogP contribution >= 0.6 is 11.6 Å². The third kappa shape index (κ3) is 5.10. The average molecular weight is 608 g/mol. The molecule has 6 rings (SSSR count). The number of nitrogens with one attached hydrogen (secondary N) is 1. The SMILES string of the molecule is CS(=O)(=O)c1cccc(C[C@H](NC(=O)c2c(Cl)cc3c4c2CCN4CN(C(=O)c2ccc4ccoc4c2)C3)C(=O)O)c1. The first kappa shape index (κ1) is 27.8. The predicted octanol–water partition coefficient (Wildman–Crippen LogP) is 3.89. The van der Waals surface area contributed by atoms with E-state index < -0.39 is 27.8 Å². The lowest BCUT2D eigenvalue weighted by molar-refractivity contribution is -0.139. The molecule has 42 heavy (non-hydrogen) atoms. The normalized spacial score (nSPS) is 15.0. The Labute approximate surface area is 246 Å². The van der Waals surface area contributed by atoms with Crippen LogP contribution in [-0.2, 0) is 34.0 Å². The van der Waals surface area contributed by atoms with Crippen LogP contribution in [0.15, 0.2) is 70.2 Å². The summed E-state index contributed by atoms with van der Waals surface area (Å²) in [7, 11) is -3.48. The largest absolute Gasteiger partial charge is 0.480 e. The molecule has 2 aliphatic rings. The van der Waals surface area contributed by atoms with Gasteiger partial charge in [0.25, 0.3) is 11.8 Å². The first-order valence-corrected chi connectivity index (χ1v) is 15.4. The van der Waals surface area contributed by atoms with E-state index in [2.05, 4.69) is 5.32 Å². The van der Waals surface area contributed by atoms with Crippen molar-refractivity contribution in [2.24, 2.45) is 0 Å². The Bertz CT molecular complexity index is 1890. The van der Waals surface area contributed by atoms with Gasteiger partial charge in [0.05, 0.1) is 28.4 Å². The topological polar surface area (TPSA) is 137 Å². The van der Waals surface area contributed by atoms with Crippen molar-refractivity contribution in [3.8, 4) is 0 Å². The first-order chi connectivity index (χ1) is 20.0. The lowest BCUT2D eigenvalue weighted by atomic mass is 9.97. The Morgan fingerprint density at radius 3 is 2.69 bits per heavy atom. The van der Waals surface area contributed by atoms with Gasteiger partial charge in [-0.1, -0.05) is 29.8 Å². The van der Waals surface area contributed by atoms with Crippen molar-refractivity contribution in [1.82, 2.24) is 10.2 Å². The van der Waals surface area contributed by atoms with Crippen LogP contribution in [0.3, 0.4) is 0 Å². The number of rotatable bonds is 7. The minimum Gasteiger partial charge on any atom is -0.480 e. The molecule has 0 aliphatic carbocycles. The number of carbonyl (C=O) groups is 3. The molecule has 2 aliphatic heterocycles. The minimum absolute atomic E-state index is 0.0653. The Morgan fingerprint density at radius 1 is 1.12 bits per heavy atom. The van der Waals surface area contributed by atoms with Crippen LogP contribution < -0.4 is 10.2 Å². The van der Waals surface area contributed by atoms with E-state index >= 15 is 0 Å². The Hall–Kier alpha value is -4.35. The monoisotopic (exact) mass is 607 g/mol. The number of hydrogen-bond acceptors (Lipinski definition) is 7. The molecule has 0 unspecified atom stereocenters. The number of carbonyl (C=O) groups excluding carboxylic acids is 2. The highest BCUT2D eigenvalue weighted by Crippen LogP contribution is 2.41. The molecule has 216 valence electrons. The van der Waals surface area contributed by atoms with Crippen molar-refractivity contribution in [2.75, 3.05) is 24.4 Å². The van der Waals surface area contributed by atoms with Gasteiger partial charge in [0.15, 0.2) is 9.84 Å². The molecule has 3 aromatic carbocycles. The number of nitrogens with zero attached hydrogens (tertiary/aromatic N) is 2. The van der Waals surface area contributed by atoms with Crippen molar-refractivity contribution in [2.45, 2.75) is 30.3 Å². The predicted molar refractivity (Wildman–Crippen MR) is 156 cm³/mol. The third-order valence-electron chi connectivity index (χ3n) is 7.67. The fraction of sp³-hybridized carbons (Fsp3) is 0.233. The van der Waals surface area contributed by atoms with Gasteiger partial charge in [-0.2, -0.15) is 0 Å². The van der Waals surface area contributed by atoms with Gasteiger partial charge < -0.3 is 24.6 Å². The number of amides is 2. The molecule has 0 bridgehead atoms. The molecule has 1 atom stereocenters. The molecular formula is C30H26ClN3O7S. The van der Waals surface area contributed by atoms with Crippen LogP contribution in [0, 0.1) is 0 Å². The van der Waals surface area contributed by atoms with Gasteiger partial charge in [-0.05, 0) is 59.5 Å². The second-order valence-electron chi connectivity index (χ2n) is 10.5. The van der Waals surface area contributed by atoms with Gasteiger partial charge in [-0.15, -0.1) is 0 Å². The van der Waals surface area contributed by atoms with Crippen LogP contribution in [0.2, 0.25) is 5.02 Å². The summed E-state index contributed by atoms with van der Waals surface area (Å²) in [6.07, 6.45) is 3.03. The molecule has 2 N–H and O–H groups in total.